The predicted molar refractivity (Wildman–Crippen MR) is 107 cm³/mol. The van der Waals surface area contributed by atoms with Gasteiger partial charge in [0.15, 0.2) is 16.6 Å². The van der Waals surface area contributed by atoms with Crippen LogP contribution in [0.4, 0.5) is 5.69 Å². The molecule has 1 N–H and O–H groups in total. The van der Waals surface area contributed by atoms with E-state index in [4.69, 9.17) is 21.7 Å². The number of anilines is 1. The van der Waals surface area contributed by atoms with E-state index >= 15 is 0 Å². The van der Waals surface area contributed by atoms with E-state index in [9.17, 15) is 9.59 Å². The summed E-state index contributed by atoms with van der Waals surface area (Å²) in [4.78, 5) is 26.7. The molecule has 1 fully saturated rings. The third kappa shape index (κ3) is 3.54. The smallest absolute Gasteiger partial charge is 0.270 e. The second-order valence-electron chi connectivity index (χ2n) is 5.88. The highest BCUT2D eigenvalue weighted by Crippen LogP contribution is 2.33. The number of ether oxygens (including phenoxy) is 2. The zero-order valence-electron chi connectivity index (χ0n) is 15.1. The minimum atomic E-state index is -0.557. The minimum Gasteiger partial charge on any atom is -0.493 e. The summed E-state index contributed by atoms with van der Waals surface area (Å²) in [7, 11) is 3.02. The maximum absolute atomic E-state index is 13.0. The molecule has 0 radical (unpaired) electrons. The molecule has 0 atom stereocenters. The molecule has 3 rings (SSSR count). The maximum Gasteiger partial charge on any atom is 0.270 e. The molecule has 1 aliphatic heterocycles. The van der Waals surface area contributed by atoms with Crippen molar-refractivity contribution in [3.05, 3.63) is 59.2 Å². The van der Waals surface area contributed by atoms with E-state index in [1.165, 1.54) is 25.2 Å². The number of nitrogens with one attached hydrogen (secondary N) is 1. The Labute approximate surface area is 162 Å². The molecule has 0 spiro atoms. The van der Waals surface area contributed by atoms with Crippen LogP contribution in [0.1, 0.15) is 11.1 Å². The number of nitrogens with zero attached hydrogens (tertiary/aromatic N) is 1. The summed E-state index contributed by atoms with van der Waals surface area (Å²) in [6.45, 7) is 1.95. The van der Waals surface area contributed by atoms with Gasteiger partial charge in [-0.1, -0.05) is 29.8 Å². The summed E-state index contributed by atoms with van der Waals surface area (Å²) < 4.78 is 10.6. The van der Waals surface area contributed by atoms with E-state index in [-0.39, 0.29) is 10.7 Å². The number of carbonyl (C=O) groups excluding carboxylic acids is 2. The lowest BCUT2D eigenvalue weighted by molar-refractivity contribution is -0.122. The van der Waals surface area contributed by atoms with Gasteiger partial charge in [-0.3, -0.25) is 19.8 Å². The Morgan fingerprint density at radius 3 is 2.37 bits per heavy atom. The highest BCUT2D eigenvalue weighted by atomic mass is 32.1. The van der Waals surface area contributed by atoms with Crippen molar-refractivity contribution in [3.8, 4) is 11.5 Å². The van der Waals surface area contributed by atoms with E-state index in [1.807, 2.05) is 19.1 Å². The van der Waals surface area contributed by atoms with Gasteiger partial charge in [0.2, 0.25) is 0 Å². The van der Waals surface area contributed by atoms with Crippen LogP contribution in [0, 0.1) is 6.92 Å². The lowest BCUT2D eigenvalue weighted by atomic mass is 10.1. The predicted octanol–water partition coefficient (Wildman–Crippen LogP) is 2.84. The number of aryl methyl sites for hydroxylation is 1. The van der Waals surface area contributed by atoms with Gasteiger partial charge in [0.05, 0.1) is 19.9 Å². The molecule has 1 heterocycles. The van der Waals surface area contributed by atoms with Gasteiger partial charge < -0.3 is 9.47 Å². The number of thiocarbonyl (C=S) groups is 1. The highest BCUT2D eigenvalue weighted by molar-refractivity contribution is 7.80. The van der Waals surface area contributed by atoms with Crippen molar-refractivity contribution in [2.75, 3.05) is 19.1 Å². The monoisotopic (exact) mass is 382 g/mol. The Balaban J connectivity index is 2.06. The highest BCUT2D eigenvalue weighted by Gasteiger charge is 2.34. The minimum absolute atomic E-state index is 0.0450. The Morgan fingerprint density at radius 1 is 1.04 bits per heavy atom. The van der Waals surface area contributed by atoms with Crippen LogP contribution < -0.4 is 19.7 Å². The Kier molecular flexibility index (Phi) is 5.23. The van der Waals surface area contributed by atoms with Gasteiger partial charge in [-0.25, -0.2) is 0 Å². The second kappa shape index (κ2) is 7.59. The van der Waals surface area contributed by atoms with Crippen LogP contribution in [0.15, 0.2) is 48.0 Å². The topological polar surface area (TPSA) is 67.9 Å². The average molecular weight is 382 g/mol. The quantitative estimate of drug-likeness (QED) is 0.500. The average Bonchev–Trinajstić information content (AvgIpc) is 2.66. The fourth-order valence-electron chi connectivity index (χ4n) is 2.77. The normalized spacial score (nSPS) is 15.7. The maximum atomic E-state index is 13.0. The van der Waals surface area contributed by atoms with Crippen LogP contribution in [0.2, 0.25) is 0 Å². The summed E-state index contributed by atoms with van der Waals surface area (Å²) in [5, 5.41) is 2.61. The van der Waals surface area contributed by atoms with Crippen LogP contribution in [0.5, 0.6) is 11.5 Å². The van der Waals surface area contributed by atoms with Crippen LogP contribution in [-0.4, -0.2) is 31.1 Å². The van der Waals surface area contributed by atoms with Gasteiger partial charge >= 0.3 is 0 Å². The number of rotatable bonds is 4. The van der Waals surface area contributed by atoms with E-state index in [0.717, 1.165) is 5.56 Å². The molecule has 138 valence electrons. The third-order valence-corrected chi connectivity index (χ3v) is 4.41. The lowest BCUT2D eigenvalue weighted by Crippen LogP contribution is -2.54. The summed E-state index contributed by atoms with van der Waals surface area (Å²) >= 11 is 5.20. The molecule has 2 aromatic carbocycles. The van der Waals surface area contributed by atoms with Gasteiger partial charge in [0, 0.05) is 5.56 Å². The third-order valence-electron chi connectivity index (χ3n) is 4.13. The van der Waals surface area contributed by atoms with Gasteiger partial charge in [0.25, 0.3) is 11.8 Å². The Bertz CT molecular complexity index is 951. The van der Waals surface area contributed by atoms with E-state index in [0.29, 0.717) is 22.7 Å². The summed E-state index contributed by atoms with van der Waals surface area (Å²) in [5.41, 5.74) is 2.14. The van der Waals surface area contributed by atoms with Crippen molar-refractivity contribution < 1.29 is 19.1 Å². The van der Waals surface area contributed by atoms with Gasteiger partial charge in [-0.05, 0) is 43.4 Å². The number of hydrogen-bond acceptors (Lipinski definition) is 5. The molecule has 27 heavy (non-hydrogen) atoms. The number of carbonyl (C=O) groups is 2. The Hall–Kier alpha value is -3.19. The van der Waals surface area contributed by atoms with Crippen molar-refractivity contribution in [1.82, 2.24) is 5.32 Å². The molecule has 6 nitrogen and oxygen atoms in total. The first-order valence-electron chi connectivity index (χ1n) is 8.15. The molecule has 2 aromatic rings. The van der Waals surface area contributed by atoms with Crippen molar-refractivity contribution in [2.24, 2.45) is 0 Å². The molecule has 1 aliphatic rings. The van der Waals surface area contributed by atoms with Crippen LogP contribution in [0.3, 0.4) is 0 Å². The fourth-order valence-corrected chi connectivity index (χ4v) is 3.05. The van der Waals surface area contributed by atoms with Crippen LogP contribution >= 0.6 is 12.2 Å². The zero-order valence-corrected chi connectivity index (χ0v) is 15.9. The first-order valence-corrected chi connectivity index (χ1v) is 8.56. The molecule has 2 amide bonds. The van der Waals surface area contributed by atoms with Crippen molar-refractivity contribution in [2.45, 2.75) is 6.92 Å². The second-order valence-corrected chi connectivity index (χ2v) is 6.26. The van der Waals surface area contributed by atoms with E-state index in [1.54, 1.807) is 30.3 Å². The standard InChI is InChI=1S/C20H18N2O4S/c1-12-7-9-14(10-8-12)22-19(24)15(18(23)21-20(22)27)11-13-5-4-6-16(25-2)17(13)26-3/h4-11H,1-3H3,(H,21,23,27)/b15-11+. The SMILES string of the molecule is COc1cccc(/C=C2\C(=O)NC(=S)N(c3ccc(C)cc3)C2=O)c1OC. The summed E-state index contributed by atoms with van der Waals surface area (Å²) in [6, 6.07) is 12.5. The molecule has 1 saturated heterocycles. The van der Waals surface area contributed by atoms with Gasteiger partial charge in [-0.15, -0.1) is 0 Å². The fraction of sp³-hybridized carbons (Fsp3) is 0.150. The van der Waals surface area contributed by atoms with Gasteiger partial charge in [0.1, 0.15) is 5.57 Å². The number of hydrogen-bond donors (Lipinski definition) is 1. The molecular formula is C20H18N2O4S. The molecule has 0 saturated carbocycles. The number of benzene rings is 2. The molecule has 0 unspecified atom stereocenters. The number of para-hydroxylation sites is 1. The first-order chi connectivity index (χ1) is 13.0. The molecular weight excluding hydrogens is 364 g/mol. The largest absolute Gasteiger partial charge is 0.493 e. The zero-order chi connectivity index (χ0) is 19.6. The number of methoxy groups -OCH3 is 2. The molecule has 0 bridgehead atoms. The first kappa shape index (κ1) is 18.6. The summed E-state index contributed by atoms with van der Waals surface area (Å²) in [5.74, 6) is -0.125. The van der Waals surface area contributed by atoms with Crippen molar-refractivity contribution in [3.63, 3.8) is 0 Å². The Morgan fingerprint density at radius 2 is 1.74 bits per heavy atom. The molecule has 0 aromatic heterocycles. The van der Waals surface area contributed by atoms with Crippen molar-refractivity contribution >= 4 is 40.9 Å². The molecule has 0 aliphatic carbocycles. The lowest BCUT2D eigenvalue weighted by Gasteiger charge is -2.29. The van der Waals surface area contributed by atoms with Crippen LogP contribution in [-0.2, 0) is 9.59 Å². The van der Waals surface area contributed by atoms with Crippen LogP contribution in [0.25, 0.3) is 6.08 Å². The van der Waals surface area contributed by atoms with E-state index < -0.39 is 11.8 Å². The number of amides is 2. The van der Waals surface area contributed by atoms with Crippen molar-refractivity contribution in [1.29, 1.82) is 0 Å². The molecule has 7 heteroatoms. The van der Waals surface area contributed by atoms with Gasteiger partial charge in [-0.2, -0.15) is 0 Å². The van der Waals surface area contributed by atoms with E-state index in [2.05, 4.69) is 5.32 Å². The summed E-state index contributed by atoms with van der Waals surface area (Å²) in [6.07, 6.45) is 1.47.